The summed E-state index contributed by atoms with van der Waals surface area (Å²) in [6.45, 7) is 4.40. The maximum absolute atomic E-state index is 5.94. The van der Waals surface area contributed by atoms with Gasteiger partial charge >= 0.3 is 0 Å². The summed E-state index contributed by atoms with van der Waals surface area (Å²) in [5, 5.41) is 7.41. The molecule has 0 aromatic carbocycles. The summed E-state index contributed by atoms with van der Waals surface area (Å²) in [5.74, 6) is 2.11. The van der Waals surface area contributed by atoms with Crippen molar-refractivity contribution >= 4 is 5.82 Å². The van der Waals surface area contributed by atoms with Crippen LogP contribution in [0.2, 0.25) is 0 Å². The molecular weight excluding hydrogens is 186 g/mol. The lowest BCUT2D eigenvalue weighted by Crippen LogP contribution is -2.13. The highest BCUT2D eigenvalue weighted by atomic mass is 15.2. The number of nitrogen functional groups attached to an aromatic ring is 1. The Morgan fingerprint density at radius 2 is 2.07 bits per heavy atom. The zero-order chi connectivity index (χ0) is 10.6. The first-order valence-corrected chi connectivity index (χ1v) is 5.99. The topological polar surface area (TPSA) is 54.7 Å². The summed E-state index contributed by atoms with van der Waals surface area (Å²) in [6, 6.07) is 0. The average molecular weight is 205 g/mol. The molecule has 0 spiro atoms. The summed E-state index contributed by atoms with van der Waals surface area (Å²) < 4.78 is 0. The van der Waals surface area contributed by atoms with E-state index >= 15 is 0 Å². The Morgan fingerprint density at radius 1 is 1.40 bits per heavy atom. The normalized spacial score (nSPS) is 23.4. The SMILES string of the molecule is CC(C)c1c(N)n[nH]c1C1(C2CC2)CC1. The largest absolute Gasteiger partial charge is 0.382 e. The number of rotatable bonds is 3. The second-order valence-electron chi connectivity index (χ2n) is 5.48. The fourth-order valence-corrected chi connectivity index (χ4v) is 2.96. The van der Waals surface area contributed by atoms with E-state index in [0.29, 0.717) is 17.2 Å². The summed E-state index contributed by atoms with van der Waals surface area (Å²) >= 11 is 0. The number of anilines is 1. The highest BCUT2D eigenvalue weighted by molar-refractivity contribution is 5.49. The Hall–Kier alpha value is -0.990. The molecule has 0 atom stereocenters. The van der Waals surface area contributed by atoms with E-state index in [2.05, 4.69) is 24.0 Å². The number of aromatic nitrogens is 2. The second-order valence-corrected chi connectivity index (χ2v) is 5.48. The fourth-order valence-electron chi connectivity index (χ4n) is 2.96. The van der Waals surface area contributed by atoms with Gasteiger partial charge in [0.05, 0.1) is 0 Å². The average Bonchev–Trinajstić information content (AvgIpc) is 3.03. The molecule has 2 aliphatic rings. The number of H-pyrrole nitrogens is 1. The van der Waals surface area contributed by atoms with Crippen LogP contribution in [-0.4, -0.2) is 10.2 Å². The van der Waals surface area contributed by atoms with Crippen molar-refractivity contribution in [1.82, 2.24) is 10.2 Å². The Labute approximate surface area is 90.4 Å². The molecule has 1 aromatic heterocycles. The third kappa shape index (κ3) is 1.22. The molecule has 0 aliphatic heterocycles. The van der Waals surface area contributed by atoms with Gasteiger partial charge in [-0.1, -0.05) is 13.8 Å². The van der Waals surface area contributed by atoms with Crippen LogP contribution in [0.3, 0.4) is 0 Å². The molecule has 2 fully saturated rings. The van der Waals surface area contributed by atoms with E-state index in [1.165, 1.54) is 36.9 Å². The molecule has 82 valence electrons. The van der Waals surface area contributed by atoms with E-state index in [-0.39, 0.29) is 0 Å². The number of nitrogens with two attached hydrogens (primary N) is 1. The van der Waals surface area contributed by atoms with Gasteiger partial charge < -0.3 is 5.73 Å². The van der Waals surface area contributed by atoms with Crippen LogP contribution >= 0.6 is 0 Å². The molecule has 3 rings (SSSR count). The second kappa shape index (κ2) is 2.77. The van der Waals surface area contributed by atoms with Crippen LogP contribution in [0.15, 0.2) is 0 Å². The zero-order valence-corrected chi connectivity index (χ0v) is 9.51. The van der Waals surface area contributed by atoms with E-state index in [1.54, 1.807) is 0 Å². The van der Waals surface area contributed by atoms with Crippen LogP contribution in [0.5, 0.6) is 0 Å². The lowest BCUT2D eigenvalue weighted by Gasteiger charge is -2.16. The van der Waals surface area contributed by atoms with Gasteiger partial charge in [-0.15, -0.1) is 0 Å². The maximum Gasteiger partial charge on any atom is 0.148 e. The van der Waals surface area contributed by atoms with Crippen molar-refractivity contribution < 1.29 is 0 Å². The van der Waals surface area contributed by atoms with Gasteiger partial charge in [0.25, 0.3) is 0 Å². The number of aromatic amines is 1. The highest BCUT2D eigenvalue weighted by Gasteiger charge is 2.57. The van der Waals surface area contributed by atoms with E-state index in [0.717, 1.165) is 5.92 Å². The summed E-state index contributed by atoms with van der Waals surface area (Å²) in [4.78, 5) is 0. The first-order valence-electron chi connectivity index (χ1n) is 5.99. The van der Waals surface area contributed by atoms with Crippen molar-refractivity contribution in [2.45, 2.75) is 50.9 Å². The number of hydrogen-bond acceptors (Lipinski definition) is 2. The van der Waals surface area contributed by atoms with E-state index in [9.17, 15) is 0 Å². The molecule has 0 radical (unpaired) electrons. The molecule has 0 bridgehead atoms. The predicted molar refractivity (Wildman–Crippen MR) is 60.7 cm³/mol. The molecule has 2 saturated carbocycles. The van der Waals surface area contributed by atoms with E-state index in [1.807, 2.05) is 0 Å². The van der Waals surface area contributed by atoms with Crippen LogP contribution < -0.4 is 5.73 Å². The smallest absolute Gasteiger partial charge is 0.148 e. The zero-order valence-electron chi connectivity index (χ0n) is 9.51. The summed E-state index contributed by atoms with van der Waals surface area (Å²) in [5.41, 5.74) is 9.03. The van der Waals surface area contributed by atoms with Gasteiger partial charge in [0, 0.05) is 16.7 Å². The lowest BCUT2D eigenvalue weighted by atomic mass is 9.89. The van der Waals surface area contributed by atoms with Crippen molar-refractivity contribution in [3.8, 4) is 0 Å². The Morgan fingerprint density at radius 3 is 2.53 bits per heavy atom. The summed E-state index contributed by atoms with van der Waals surface area (Å²) in [7, 11) is 0. The van der Waals surface area contributed by atoms with Gasteiger partial charge in [-0.25, -0.2) is 0 Å². The summed E-state index contributed by atoms with van der Waals surface area (Å²) in [6.07, 6.45) is 5.46. The standard InChI is InChI=1S/C12H19N3/c1-7(2)9-10(14-15-11(9)13)12(5-6-12)8-3-4-8/h7-8H,3-6H2,1-2H3,(H3,13,14,15). The van der Waals surface area contributed by atoms with Crippen LogP contribution in [0.25, 0.3) is 0 Å². The Balaban J connectivity index is 2.04. The fraction of sp³-hybridized carbons (Fsp3) is 0.750. The minimum absolute atomic E-state index is 0.449. The molecule has 3 heteroatoms. The molecule has 15 heavy (non-hydrogen) atoms. The first kappa shape index (κ1) is 9.25. The monoisotopic (exact) mass is 205 g/mol. The molecule has 0 amide bonds. The molecule has 1 heterocycles. The van der Waals surface area contributed by atoms with E-state index in [4.69, 9.17) is 5.73 Å². The van der Waals surface area contributed by atoms with Gasteiger partial charge in [0.15, 0.2) is 0 Å². The number of nitrogens with one attached hydrogen (secondary N) is 1. The molecule has 3 N–H and O–H groups in total. The molecular formula is C12H19N3. The molecule has 2 aliphatic carbocycles. The van der Waals surface area contributed by atoms with Gasteiger partial charge in [0.1, 0.15) is 5.82 Å². The van der Waals surface area contributed by atoms with Crippen molar-refractivity contribution in [3.05, 3.63) is 11.3 Å². The van der Waals surface area contributed by atoms with Crippen LogP contribution in [0.1, 0.15) is 56.7 Å². The van der Waals surface area contributed by atoms with Crippen molar-refractivity contribution in [1.29, 1.82) is 0 Å². The van der Waals surface area contributed by atoms with Gasteiger partial charge in [-0.2, -0.15) is 5.10 Å². The highest BCUT2D eigenvalue weighted by Crippen LogP contribution is 2.63. The van der Waals surface area contributed by atoms with Crippen molar-refractivity contribution in [2.24, 2.45) is 5.92 Å². The molecule has 3 nitrogen and oxygen atoms in total. The minimum atomic E-state index is 0.449. The van der Waals surface area contributed by atoms with Gasteiger partial charge in [-0.3, -0.25) is 5.10 Å². The quantitative estimate of drug-likeness (QED) is 0.796. The Bertz CT molecular complexity index is 384. The maximum atomic E-state index is 5.94. The molecule has 1 aromatic rings. The van der Waals surface area contributed by atoms with Crippen molar-refractivity contribution in [3.63, 3.8) is 0 Å². The lowest BCUT2D eigenvalue weighted by molar-refractivity contribution is 0.566. The van der Waals surface area contributed by atoms with Crippen LogP contribution in [0.4, 0.5) is 5.82 Å². The molecule has 0 unspecified atom stereocenters. The third-order valence-electron chi connectivity index (χ3n) is 4.06. The van der Waals surface area contributed by atoms with Crippen molar-refractivity contribution in [2.75, 3.05) is 5.73 Å². The Kier molecular flexibility index (Phi) is 1.71. The minimum Gasteiger partial charge on any atom is -0.382 e. The first-order chi connectivity index (χ1) is 7.15. The number of hydrogen-bond donors (Lipinski definition) is 2. The number of nitrogens with zero attached hydrogens (tertiary/aromatic N) is 1. The van der Waals surface area contributed by atoms with E-state index < -0.39 is 0 Å². The van der Waals surface area contributed by atoms with Crippen LogP contribution in [0, 0.1) is 5.92 Å². The van der Waals surface area contributed by atoms with Gasteiger partial charge in [-0.05, 0) is 37.5 Å². The molecule has 0 saturated heterocycles. The van der Waals surface area contributed by atoms with Crippen LogP contribution in [-0.2, 0) is 5.41 Å². The third-order valence-corrected chi connectivity index (χ3v) is 4.06. The van der Waals surface area contributed by atoms with Gasteiger partial charge in [0.2, 0.25) is 0 Å². The predicted octanol–water partition coefficient (Wildman–Crippen LogP) is 2.56.